The van der Waals surface area contributed by atoms with Gasteiger partial charge in [-0.15, -0.1) is 11.8 Å². The highest BCUT2D eigenvalue weighted by molar-refractivity contribution is 9.10. The lowest BCUT2D eigenvalue weighted by Gasteiger charge is -2.08. The first-order valence-corrected chi connectivity index (χ1v) is 8.75. The van der Waals surface area contributed by atoms with Gasteiger partial charge in [-0.1, -0.05) is 40.2 Å². The smallest absolute Gasteiger partial charge is 0.123 e. The van der Waals surface area contributed by atoms with Crippen LogP contribution in [0.2, 0.25) is 0 Å². The molecule has 0 radical (unpaired) electrons. The van der Waals surface area contributed by atoms with Crippen molar-refractivity contribution < 1.29 is 4.39 Å². The number of hydrogen-bond acceptors (Lipinski definition) is 2. The zero-order chi connectivity index (χ0) is 15.5. The van der Waals surface area contributed by atoms with Crippen molar-refractivity contribution in [2.45, 2.75) is 4.90 Å². The second kappa shape index (κ2) is 6.63. The van der Waals surface area contributed by atoms with Crippen LogP contribution in [0.5, 0.6) is 0 Å². The Morgan fingerprint density at radius 1 is 0.909 bits per heavy atom. The molecule has 0 aliphatic rings. The van der Waals surface area contributed by atoms with Gasteiger partial charge in [0.15, 0.2) is 0 Å². The van der Waals surface area contributed by atoms with Crippen molar-refractivity contribution in [2.24, 2.45) is 0 Å². The maximum absolute atomic E-state index is 13.5. The van der Waals surface area contributed by atoms with Crippen LogP contribution in [-0.2, 0) is 0 Å². The van der Waals surface area contributed by atoms with Crippen LogP contribution in [0.1, 0.15) is 0 Å². The van der Waals surface area contributed by atoms with E-state index in [0.717, 1.165) is 31.9 Å². The largest absolute Gasteiger partial charge is 0.248 e. The molecule has 110 valence electrons. The zero-order valence-corrected chi connectivity index (χ0v) is 14.3. The summed E-state index contributed by atoms with van der Waals surface area (Å²) in [7, 11) is 0. The summed E-state index contributed by atoms with van der Waals surface area (Å²) in [5.41, 5.74) is 3.49. The van der Waals surface area contributed by atoms with E-state index in [1.165, 1.54) is 12.1 Å². The van der Waals surface area contributed by atoms with Crippen molar-refractivity contribution in [3.05, 3.63) is 71.0 Å². The summed E-state index contributed by atoms with van der Waals surface area (Å²) in [6, 6.07) is 18.6. The van der Waals surface area contributed by atoms with E-state index < -0.39 is 0 Å². The fraction of sp³-hybridized carbons (Fsp3) is 0.0556. The number of rotatable bonds is 3. The Hall–Kier alpha value is -1.65. The van der Waals surface area contributed by atoms with Crippen LogP contribution in [0.15, 0.2) is 70.0 Å². The molecular formula is C18H13BrFNS. The van der Waals surface area contributed by atoms with Crippen LogP contribution in [0, 0.1) is 5.82 Å². The van der Waals surface area contributed by atoms with Gasteiger partial charge in [0.1, 0.15) is 5.82 Å². The van der Waals surface area contributed by atoms with Gasteiger partial charge in [0.2, 0.25) is 0 Å². The molecule has 0 unspecified atom stereocenters. The van der Waals surface area contributed by atoms with Crippen LogP contribution in [-0.4, -0.2) is 11.2 Å². The molecule has 0 aliphatic carbocycles. The van der Waals surface area contributed by atoms with Gasteiger partial charge in [-0.25, -0.2) is 9.37 Å². The Balaban J connectivity index is 2.12. The molecule has 0 saturated carbocycles. The quantitative estimate of drug-likeness (QED) is 0.519. The Kier molecular flexibility index (Phi) is 4.60. The van der Waals surface area contributed by atoms with Crippen molar-refractivity contribution in [1.82, 2.24) is 4.98 Å². The molecule has 0 N–H and O–H groups in total. The van der Waals surface area contributed by atoms with Crippen LogP contribution < -0.4 is 0 Å². The van der Waals surface area contributed by atoms with Gasteiger partial charge in [-0.2, -0.15) is 0 Å². The van der Waals surface area contributed by atoms with Crippen molar-refractivity contribution in [3.8, 4) is 22.5 Å². The molecule has 2 aromatic carbocycles. The molecule has 1 heterocycles. The van der Waals surface area contributed by atoms with Gasteiger partial charge in [0.25, 0.3) is 0 Å². The minimum absolute atomic E-state index is 0.251. The summed E-state index contributed by atoms with van der Waals surface area (Å²) in [6.45, 7) is 0. The van der Waals surface area contributed by atoms with E-state index in [2.05, 4.69) is 22.0 Å². The van der Waals surface area contributed by atoms with Gasteiger partial charge in [-0.05, 0) is 42.7 Å². The first kappa shape index (κ1) is 15.3. The molecule has 0 atom stereocenters. The van der Waals surface area contributed by atoms with Crippen molar-refractivity contribution >= 4 is 27.7 Å². The fourth-order valence-corrected chi connectivity index (χ4v) is 2.91. The summed E-state index contributed by atoms with van der Waals surface area (Å²) in [5, 5.41) is 0. The Morgan fingerprint density at radius 3 is 2.23 bits per heavy atom. The first-order valence-electron chi connectivity index (χ1n) is 6.73. The van der Waals surface area contributed by atoms with E-state index in [0.29, 0.717) is 0 Å². The molecule has 1 aromatic heterocycles. The van der Waals surface area contributed by atoms with Crippen LogP contribution in [0.4, 0.5) is 4.39 Å². The molecule has 0 amide bonds. The van der Waals surface area contributed by atoms with E-state index >= 15 is 0 Å². The predicted molar refractivity (Wildman–Crippen MR) is 94.5 cm³/mol. The molecular weight excluding hydrogens is 361 g/mol. The van der Waals surface area contributed by atoms with E-state index in [1.54, 1.807) is 17.8 Å². The lowest BCUT2D eigenvalue weighted by molar-refractivity contribution is 0.628. The third-order valence-corrected chi connectivity index (χ3v) is 4.53. The molecule has 4 heteroatoms. The normalized spacial score (nSPS) is 10.7. The lowest BCUT2D eigenvalue weighted by atomic mass is 10.1. The molecule has 1 nitrogen and oxygen atoms in total. The minimum atomic E-state index is -0.251. The number of benzene rings is 2. The Labute approximate surface area is 141 Å². The SMILES string of the molecule is CSc1cc(-c2ccc(Br)cc2)nc(-c2cccc(F)c2)c1. The van der Waals surface area contributed by atoms with Gasteiger partial charge in [0, 0.05) is 20.5 Å². The molecule has 3 aromatic rings. The van der Waals surface area contributed by atoms with Gasteiger partial charge >= 0.3 is 0 Å². The number of halogens is 2. The maximum atomic E-state index is 13.5. The van der Waals surface area contributed by atoms with E-state index in [9.17, 15) is 4.39 Å². The number of aromatic nitrogens is 1. The monoisotopic (exact) mass is 373 g/mol. The number of thioether (sulfide) groups is 1. The van der Waals surface area contributed by atoms with Crippen molar-refractivity contribution in [1.29, 1.82) is 0 Å². The highest BCUT2D eigenvalue weighted by Gasteiger charge is 2.07. The van der Waals surface area contributed by atoms with Gasteiger partial charge < -0.3 is 0 Å². The second-order valence-corrected chi connectivity index (χ2v) is 6.59. The highest BCUT2D eigenvalue weighted by Crippen LogP contribution is 2.29. The van der Waals surface area contributed by atoms with E-state index in [1.807, 2.05) is 42.7 Å². The van der Waals surface area contributed by atoms with Gasteiger partial charge in [0.05, 0.1) is 11.4 Å². The molecule has 0 bridgehead atoms. The van der Waals surface area contributed by atoms with Crippen molar-refractivity contribution in [2.75, 3.05) is 6.26 Å². The Bertz CT molecular complexity index is 802. The topological polar surface area (TPSA) is 12.9 Å². The minimum Gasteiger partial charge on any atom is -0.248 e. The number of pyridine rings is 1. The molecule has 0 fully saturated rings. The van der Waals surface area contributed by atoms with Crippen LogP contribution in [0.3, 0.4) is 0 Å². The summed E-state index contributed by atoms with van der Waals surface area (Å²) < 4.78 is 14.5. The zero-order valence-electron chi connectivity index (χ0n) is 11.9. The molecule has 0 spiro atoms. The van der Waals surface area contributed by atoms with Crippen molar-refractivity contribution in [3.63, 3.8) is 0 Å². The van der Waals surface area contributed by atoms with E-state index in [4.69, 9.17) is 4.98 Å². The number of nitrogens with zero attached hydrogens (tertiary/aromatic N) is 1. The molecule has 3 rings (SSSR count). The summed E-state index contributed by atoms with van der Waals surface area (Å²) in [4.78, 5) is 5.80. The average Bonchev–Trinajstić information content (AvgIpc) is 2.55. The van der Waals surface area contributed by atoms with Crippen LogP contribution in [0.25, 0.3) is 22.5 Å². The van der Waals surface area contributed by atoms with Crippen LogP contribution >= 0.6 is 27.7 Å². The second-order valence-electron chi connectivity index (χ2n) is 4.79. The predicted octanol–water partition coefficient (Wildman–Crippen LogP) is 6.04. The summed E-state index contributed by atoms with van der Waals surface area (Å²) in [5.74, 6) is -0.251. The first-order chi connectivity index (χ1) is 10.7. The van der Waals surface area contributed by atoms with E-state index in [-0.39, 0.29) is 5.82 Å². The summed E-state index contributed by atoms with van der Waals surface area (Å²) >= 11 is 5.09. The lowest BCUT2D eigenvalue weighted by Crippen LogP contribution is -1.90. The third-order valence-electron chi connectivity index (χ3n) is 3.29. The third kappa shape index (κ3) is 3.39. The summed E-state index contributed by atoms with van der Waals surface area (Å²) in [6.07, 6.45) is 2.02. The highest BCUT2D eigenvalue weighted by atomic mass is 79.9. The number of hydrogen-bond donors (Lipinski definition) is 0. The molecule has 22 heavy (non-hydrogen) atoms. The average molecular weight is 374 g/mol. The molecule has 0 saturated heterocycles. The van der Waals surface area contributed by atoms with Gasteiger partial charge in [-0.3, -0.25) is 0 Å². The molecule has 0 aliphatic heterocycles. The fourth-order valence-electron chi connectivity index (χ4n) is 2.19. The maximum Gasteiger partial charge on any atom is 0.123 e. The standard InChI is InChI=1S/C18H13BrFNS/c1-22-16-10-17(12-5-7-14(19)8-6-12)21-18(11-16)13-3-2-4-15(20)9-13/h2-11H,1H3. The Morgan fingerprint density at radius 2 is 1.59 bits per heavy atom.